The van der Waals surface area contributed by atoms with E-state index in [1.807, 2.05) is 27.9 Å². The smallest absolute Gasteiger partial charge is 0.225 e. The summed E-state index contributed by atoms with van der Waals surface area (Å²) in [5.74, 6) is 0.950. The van der Waals surface area contributed by atoms with Crippen LogP contribution in [0.4, 0.5) is 5.82 Å². The summed E-state index contributed by atoms with van der Waals surface area (Å²) in [6.07, 6.45) is 5.03. The second-order valence-corrected chi connectivity index (χ2v) is 9.01. The lowest BCUT2D eigenvalue weighted by Gasteiger charge is -2.39. The minimum atomic E-state index is 0.0793. The normalized spacial score (nSPS) is 15.3. The van der Waals surface area contributed by atoms with Crippen LogP contribution in [-0.2, 0) is 17.8 Å². The number of nitrogens with one attached hydrogen (secondary N) is 1. The number of aromatic nitrogens is 2. The van der Waals surface area contributed by atoms with Crippen molar-refractivity contribution in [1.29, 1.82) is 0 Å². The van der Waals surface area contributed by atoms with Crippen LogP contribution in [0.25, 0.3) is 0 Å². The number of halogens is 2. The molecule has 0 saturated carbocycles. The highest BCUT2D eigenvalue weighted by Gasteiger charge is 2.29. The first-order chi connectivity index (χ1) is 15.0. The summed E-state index contributed by atoms with van der Waals surface area (Å²) in [4.78, 5) is 16.8. The van der Waals surface area contributed by atoms with Crippen molar-refractivity contribution < 1.29 is 4.79 Å². The van der Waals surface area contributed by atoms with E-state index in [0.29, 0.717) is 16.6 Å². The van der Waals surface area contributed by atoms with Gasteiger partial charge in [0.1, 0.15) is 5.82 Å². The number of amides is 1. The second kappa shape index (κ2) is 9.94. The molecular weight excluding hydrogens is 431 g/mol. The van der Waals surface area contributed by atoms with E-state index in [-0.39, 0.29) is 11.9 Å². The van der Waals surface area contributed by atoms with Crippen LogP contribution in [-0.4, -0.2) is 46.3 Å². The van der Waals surface area contributed by atoms with Crippen LogP contribution in [0.15, 0.2) is 54.7 Å². The molecule has 1 fully saturated rings. The van der Waals surface area contributed by atoms with Gasteiger partial charge in [0.25, 0.3) is 0 Å². The molecule has 2 aromatic carbocycles. The number of hydrogen-bond donors (Lipinski definition) is 1. The molecule has 0 unspecified atom stereocenters. The molecule has 164 valence electrons. The standard InChI is InChI=1S/C24H28Cl2N4O/c1-18(31)30(24-17-29(27-24)16-20-7-8-22(25)23(26)15-20)21-10-13-28(14-11-21)12-9-19-5-3-2-4-6-19/h2-8,15,17,21,27H,9-14,16H2,1H3. The van der Waals surface area contributed by atoms with Gasteiger partial charge in [-0.05, 0) is 42.5 Å². The Kier molecular flexibility index (Phi) is 7.06. The summed E-state index contributed by atoms with van der Waals surface area (Å²) in [6.45, 7) is 5.40. The molecule has 1 amide bonds. The number of carbonyl (C=O) groups excluding carboxylic acids is 1. The van der Waals surface area contributed by atoms with Gasteiger partial charge < -0.3 is 4.90 Å². The molecule has 31 heavy (non-hydrogen) atoms. The van der Waals surface area contributed by atoms with Crippen LogP contribution < -0.4 is 4.90 Å². The fourth-order valence-corrected chi connectivity index (χ4v) is 4.60. The Bertz CT molecular complexity index is 994. The second-order valence-electron chi connectivity index (χ2n) is 8.20. The number of anilines is 1. The number of hydrogen-bond acceptors (Lipinski definition) is 2. The van der Waals surface area contributed by atoms with E-state index < -0.39 is 0 Å². The molecule has 2 heterocycles. The molecule has 1 aliphatic heterocycles. The van der Waals surface area contributed by atoms with E-state index in [2.05, 4.69) is 40.3 Å². The summed E-state index contributed by atoms with van der Waals surface area (Å²) in [6, 6.07) is 16.5. The fourth-order valence-electron chi connectivity index (χ4n) is 4.28. The van der Waals surface area contributed by atoms with Crippen LogP contribution in [0.2, 0.25) is 10.0 Å². The number of likely N-dealkylation sites (tertiary alicyclic amines) is 1. The highest BCUT2D eigenvalue weighted by molar-refractivity contribution is 6.42. The summed E-state index contributed by atoms with van der Waals surface area (Å²) >= 11 is 12.1. The van der Waals surface area contributed by atoms with Gasteiger partial charge in [0.2, 0.25) is 5.91 Å². The lowest BCUT2D eigenvalue weighted by molar-refractivity contribution is -0.117. The third-order valence-electron chi connectivity index (χ3n) is 5.95. The Balaban J connectivity index is 1.31. The topological polar surface area (TPSA) is 44.3 Å². The Morgan fingerprint density at radius 1 is 1.06 bits per heavy atom. The Morgan fingerprint density at radius 2 is 1.77 bits per heavy atom. The maximum absolute atomic E-state index is 12.4. The van der Waals surface area contributed by atoms with E-state index in [1.165, 1.54) is 5.56 Å². The SMILES string of the molecule is CC(=O)N(c1cn(Cc2ccc(Cl)c(Cl)c2)[nH]1)C1CCN(CCc2ccccc2)CC1. The van der Waals surface area contributed by atoms with Gasteiger partial charge in [-0.1, -0.05) is 59.6 Å². The quantitative estimate of drug-likeness (QED) is 0.526. The summed E-state index contributed by atoms with van der Waals surface area (Å²) in [7, 11) is 0. The Labute approximate surface area is 193 Å². The van der Waals surface area contributed by atoms with E-state index in [0.717, 1.165) is 50.3 Å². The van der Waals surface area contributed by atoms with Crippen molar-refractivity contribution in [2.45, 2.75) is 38.8 Å². The fraction of sp³-hybridized carbons (Fsp3) is 0.375. The van der Waals surface area contributed by atoms with E-state index >= 15 is 0 Å². The Hall–Kier alpha value is -2.21. The largest absolute Gasteiger partial charge is 0.303 e. The maximum atomic E-state index is 12.4. The summed E-state index contributed by atoms with van der Waals surface area (Å²) in [5.41, 5.74) is 2.43. The first-order valence-electron chi connectivity index (χ1n) is 10.7. The third-order valence-corrected chi connectivity index (χ3v) is 6.69. The molecule has 1 N–H and O–H groups in total. The van der Waals surface area contributed by atoms with Crippen molar-refractivity contribution in [2.24, 2.45) is 0 Å². The molecule has 4 rings (SSSR count). The van der Waals surface area contributed by atoms with Crippen molar-refractivity contribution in [3.8, 4) is 0 Å². The van der Waals surface area contributed by atoms with Gasteiger partial charge >= 0.3 is 0 Å². The number of carbonyl (C=O) groups is 1. The molecule has 1 saturated heterocycles. The zero-order valence-corrected chi connectivity index (χ0v) is 19.2. The first kappa shape index (κ1) is 22.0. The van der Waals surface area contributed by atoms with Crippen LogP contribution in [0.3, 0.4) is 0 Å². The number of nitrogens with zero attached hydrogens (tertiary/aromatic N) is 3. The van der Waals surface area contributed by atoms with Crippen LogP contribution >= 0.6 is 23.2 Å². The average molecular weight is 459 g/mol. The zero-order valence-electron chi connectivity index (χ0n) is 17.7. The monoisotopic (exact) mass is 458 g/mol. The van der Waals surface area contributed by atoms with E-state index in [9.17, 15) is 4.79 Å². The molecule has 7 heteroatoms. The van der Waals surface area contributed by atoms with Crippen molar-refractivity contribution in [3.63, 3.8) is 0 Å². The van der Waals surface area contributed by atoms with E-state index in [1.54, 1.807) is 13.0 Å². The van der Waals surface area contributed by atoms with Crippen LogP contribution in [0.1, 0.15) is 30.9 Å². The molecule has 0 bridgehead atoms. The van der Waals surface area contributed by atoms with Crippen LogP contribution in [0, 0.1) is 0 Å². The molecule has 0 radical (unpaired) electrons. The number of piperidine rings is 1. The van der Waals surface area contributed by atoms with Gasteiger partial charge in [-0.3, -0.25) is 19.5 Å². The predicted molar refractivity (Wildman–Crippen MR) is 127 cm³/mol. The van der Waals surface area contributed by atoms with Gasteiger partial charge in [0.05, 0.1) is 22.8 Å². The number of rotatable bonds is 7. The number of benzene rings is 2. The van der Waals surface area contributed by atoms with Crippen molar-refractivity contribution >= 4 is 34.9 Å². The highest BCUT2D eigenvalue weighted by atomic mass is 35.5. The minimum Gasteiger partial charge on any atom is -0.303 e. The third kappa shape index (κ3) is 5.53. The predicted octanol–water partition coefficient (Wildman–Crippen LogP) is 5.23. The van der Waals surface area contributed by atoms with Crippen molar-refractivity contribution in [2.75, 3.05) is 24.5 Å². The molecule has 3 aromatic rings. The highest BCUT2D eigenvalue weighted by Crippen LogP contribution is 2.26. The number of aromatic amines is 1. The van der Waals surface area contributed by atoms with Gasteiger partial charge in [-0.25, -0.2) is 0 Å². The molecule has 0 spiro atoms. The zero-order chi connectivity index (χ0) is 21.8. The van der Waals surface area contributed by atoms with Gasteiger partial charge in [-0.15, -0.1) is 0 Å². The van der Waals surface area contributed by atoms with Crippen LogP contribution in [0.5, 0.6) is 0 Å². The maximum Gasteiger partial charge on any atom is 0.225 e. The summed E-state index contributed by atoms with van der Waals surface area (Å²) in [5, 5.41) is 4.41. The molecule has 0 aliphatic carbocycles. The van der Waals surface area contributed by atoms with Crippen molar-refractivity contribution in [1.82, 2.24) is 14.7 Å². The first-order valence-corrected chi connectivity index (χ1v) is 11.5. The summed E-state index contributed by atoms with van der Waals surface area (Å²) < 4.78 is 1.96. The lowest BCUT2D eigenvalue weighted by atomic mass is 10.0. The Morgan fingerprint density at radius 3 is 2.42 bits per heavy atom. The van der Waals surface area contributed by atoms with Gasteiger partial charge in [0.15, 0.2) is 0 Å². The number of H-pyrrole nitrogens is 1. The van der Waals surface area contributed by atoms with Gasteiger partial charge in [-0.2, -0.15) is 0 Å². The van der Waals surface area contributed by atoms with E-state index in [4.69, 9.17) is 23.2 Å². The van der Waals surface area contributed by atoms with Crippen molar-refractivity contribution in [3.05, 3.63) is 75.9 Å². The molecular formula is C24H28Cl2N4O. The van der Waals surface area contributed by atoms with Gasteiger partial charge in [0, 0.05) is 32.6 Å². The molecule has 1 aliphatic rings. The molecule has 1 aromatic heterocycles. The average Bonchev–Trinajstić information content (AvgIpc) is 2.74. The minimum absolute atomic E-state index is 0.0793. The molecule has 0 atom stereocenters. The molecule has 5 nitrogen and oxygen atoms in total. The lowest BCUT2D eigenvalue weighted by Crippen LogP contribution is -2.48.